The molecule has 0 bridgehead atoms. The van der Waals surface area contributed by atoms with Gasteiger partial charge in [-0.3, -0.25) is 4.90 Å². The summed E-state index contributed by atoms with van der Waals surface area (Å²) in [5, 5.41) is 0. The summed E-state index contributed by atoms with van der Waals surface area (Å²) < 4.78 is 0. The van der Waals surface area contributed by atoms with E-state index in [4.69, 9.17) is 0 Å². The molecule has 0 amide bonds. The molecule has 1 heteroatoms. The molecule has 74 valence electrons. The minimum atomic E-state index is 0.767. The largest absolute Gasteiger partial charge is 0.299 e. The summed E-state index contributed by atoms with van der Waals surface area (Å²) in [7, 11) is 0. The van der Waals surface area contributed by atoms with Crippen LogP contribution in [0.4, 0.5) is 0 Å². The highest BCUT2D eigenvalue weighted by molar-refractivity contribution is 5.09. The van der Waals surface area contributed by atoms with Crippen LogP contribution in [-0.4, -0.2) is 24.5 Å². The highest BCUT2D eigenvalue weighted by Crippen LogP contribution is 2.30. The van der Waals surface area contributed by atoms with Gasteiger partial charge in [0.2, 0.25) is 0 Å². The SMILES string of the molecule is CC(C)C1=CCN(CC2CC2)CC1. The third-order valence-electron chi connectivity index (χ3n) is 3.28. The lowest BCUT2D eigenvalue weighted by Gasteiger charge is -2.27. The highest BCUT2D eigenvalue weighted by Gasteiger charge is 2.25. The Morgan fingerprint density at radius 1 is 1.46 bits per heavy atom. The molecular weight excluding hydrogens is 158 g/mol. The molecule has 1 fully saturated rings. The van der Waals surface area contributed by atoms with Crippen molar-refractivity contribution in [1.82, 2.24) is 4.90 Å². The van der Waals surface area contributed by atoms with Gasteiger partial charge in [0.05, 0.1) is 0 Å². The zero-order chi connectivity index (χ0) is 9.26. The first-order chi connectivity index (χ1) is 6.25. The molecule has 1 aliphatic heterocycles. The van der Waals surface area contributed by atoms with Crippen LogP contribution in [0.3, 0.4) is 0 Å². The lowest BCUT2D eigenvalue weighted by atomic mass is 9.97. The Balaban J connectivity index is 1.80. The molecule has 1 saturated carbocycles. The third kappa shape index (κ3) is 2.57. The average Bonchev–Trinajstić information content (AvgIpc) is 2.89. The van der Waals surface area contributed by atoms with E-state index in [1.807, 2.05) is 0 Å². The third-order valence-corrected chi connectivity index (χ3v) is 3.28. The van der Waals surface area contributed by atoms with E-state index in [2.05, 4.69) is 24.8 Å². The van der Waals surface area contributed by atoms with Crippen molar-refractivity contribution in [3.8, 4) is 0 Å². The van der Waals surface area contributed by atoms with Crippen molar-refractivity contribution in [3.63, 3.8) is 0 Å². The normalized spacial score (nSPS) is 25.0. The Hall–Kier alpha value is -0.300. The first-order valence-corrected chi connectivity index (χ1v) is 5.67. The van der Waals surface area contributed by atoms with Gasteiger partial charge < -0.3 is 0 Å². The van der Waals surface area contributed by atoms with Crippen molar-refractivity contribution >= 4 is 0 Å². The maximum absolute atomic E-state index is 2.61. The van der Waals surface area contributed by atoms with E-state index in [0.29, 0.717) is 0 Å². The van der Waals surface area contributed by atoms with E-state index >= 15 is 0 Å². The van der Waals surface area contributed by atoms with Crippen LogP contribution in [0.25, 0.3) is 0 Å². The highest BCUT2D eigenvalue weighted by atomic mass is 15.1. The summed E-state index contributed by atoms with van der Waals surface area (Å²) in [6, 6.07) is 0. The van der Waals surface area contributed by atoms with Gasteiger partial charge in [0.1, 0.15) is 0 Å². The number of hydrogen-bond donors (Lipinski definition) is 0. The summed E-state index contributed by atoms with van der Waals surface area (Å²) in [5.41, 5.74) is 1.67. The molecule has 0 aromatic heterocycles. The maximum Gasteiger partial charge on any atom is 0.0166 e. The molecular formula is C12H21N. The van der Waals surface area contributed by atoms with Gasteiger partial charge in [-0.25, -0.2) is 0 Å². The quantitative estimate of drug-likeness (QED) is 0.602. The van der Waals surface area contributed by atoms with Gasteiger partial charge in [0.15, 0.2) is 0 Å². The summed E-state index contributed by atoms with van der Waals surface area (Å²) >= 11 is 0. The first-order valence-electron chi connectivity index (χ1n) is 5.67. The molecule has 0 spiro atoms. The van der Waals surface area contributed by atoms with E-state index in [0.717, 1.165) is 11.8 Å². The van der Waals surface area contributed by atoms with Crippen molar-refractivity contribution in [2.75, 3.05) is 19.6 Å². The minimum absolute atomic E-state index is 0.767. The number of nitrogens with zero attached hydrogens (tertiary/aromatic N) is 1. The van der Waals surface area contributed by atoms with E-state index in [1.54, 1.807) is 5.57 Å². The standard InChI is InChI=1S/C12H21N/c1-10(2)12-5-7-13(8-6-12)9-11-3-4-11/h5,10-11H,3-4,6-9H2,1-2H3. The molecule has 0 aromatic carbocycles. The van der Waals surface area contributed by atoms with E-state index in [9.17, 15) is 0 Å². The van der Waals surface area contributed by atoms with E-state index in [1.165, 1.54) is 38.9 Å². The Labute approximate surface area is 81.8 Å². The molecule has 0 saturated heterocycles. The molecule has 0 N–H and O–H groups in total. The smallest absolute Gasteiger partial charge is 0.0166 e. The van der Waals surface area contributed by atoms with Crippen LogP contribution in [0.1, 0.15) is 33.1 Å². The van der Waals surface area contributed by atoms with Crippen LogP contribution in [0.2, 0.25) is 0 Å². The fourth-order valence-electron chi connectivity index (χ4n) is 2.08. The van der Waals surface area contributed by atoms with Gasteiger partial charge in [-0.05, 0) is 31.1 Å². The van der Waals surface area contributed by atoms with E-state index < -0.39 is 0 Å². The van der Waals surface area contributed by atoms with Crippen LogP contribution in [0, 0.1) is 11.8 Å². The first kappa shape index (κ1) is 9.26. The summed E-state index contributed by atoms with van der Waals surface area (Å²) in [6.07, 6.45) is 6.73. The molecule has 2 aliphatic rings. The molecule has 0 aromatic rings. The predicted octanol–water partition coefficient (Wildman–Crippen LogP) is 2.68. The lowest BCUT2D eigenvalue weighted by molar-refractivity contribution is 0.277. The average molecular weight is 179 g/mol. The van der Waals surface area contributed by atoms with Crippen molar-refractivity contribution in [2.45, 2.75) is 33.1 Å². The molecule has 1 aliphatic carbocycles. The van der Waals surface area contributed by atoms with E-state index in [-0.39, 0.29) is 0 Å². The molecule has 0 atom stereocenters. The predicted molar refractivity (Wildman–Crippen MR) is 56.7 cm³/mol. The summed E-state index contributed by atoms with van der Waals surface area (Å²) in [5.74, 6) is 1.82. The number of rotatable bonds is 3. The molecule has 0 radical (unpaired) electrons. The Kier molecular flexibility index (Phi) is 2.73. The Morgan fingerprint density at radius 3 is 2.69 bits per heavy atom. The van der Waals surface area contributed by atoms with Crippen LogP contribution in [-0.2, 0) is 0 Å². The molecule has 13 heavy (non-hydrogen) atoms. The zero-order valence-corrected chi connectivity index (χ0v) is 8.92. The topological polar surface area (TPSA) is 3.24 Å². The van der Waals surface area contributed by atoms with Gasteiger partial charge in [-0.15, -0.1) is 0 Å². The lowest BCUT2D eigenvalue weighted by Crippen LogP contribution is -2.31. The van der Waals surface area contributed by atoms with Crippen molar-refractivity contribution in [2.24, 2.45) is 11.8 Å². The number of hydrogen-bond acceptors (Lipinski definition) is 1. The monoisotopic (exact) mass is 179 g/mol. The van der Waals surface area contributed by atoms with Crippen molar-refractivity contribution in [3.05, 3.63) is 11.6 Å². The Morgan fingerprint density at radius 2 is 2.23 bits per heavy atom. The van der Waals surface area contributed by atoms with Crippen LogP contribution in [0.15, 0.2) is 11.6 Å². The second kappa shape index (κ2) is 3.83. The summed E-state index contributed by atoms with van der Waals surface area (Å²) in [4.78, 5) is 2.61. The molecule has 1 nitrogen and oxygen atoms in total. The molecule has 2 rings (SSSR count). The molecule has 1 heterocycles. The van der Waals surface area contributed by atoms with Crippen LogP contribution < -0.4 is 0 Å². The Bertz CT molecular complexity index is 201. The zero-order valence-electron chi connectivity index (χ0n) is 8.92. The minimum Gasteiger partial charge on any atom is -0.299 e. The second-order valence-corrected chi connectivity index (χ2v) is 4.89. The van der Waals surface area contributed by atoms with Gasteiger partial charge >= 0.3 is 0 Å². The van der Waals surface area contributed by atoms with Gasteiger partial charge in [-0.2, -0.15) is 0 Å². The van der Waals surface area contributed by atoms with Crippen molar-refractivity contribution < 1.29 is 0 Å². The van der Waals surface area contributed by atoms with Gasteiger partial charge in [-0.1, -0.05) is 25.5 Å². The van der Waals surface area contributed by atoms with Crippen LogP contribution >= 0.6 is 0 Å². The fraction of sp³-hybridized carbons (Fsp3) is 0.833. The summed E-state index contributed by atoms with van der Waals surface area (Å²) in [6.45, 7) is 8.50. The van der Waals surface area contributed by atoms with Crippen molar-refractivity contribution in [1.29, 1.82) is 0 Å². The second-order valence-electron chi connectivity index (χ2n) is 4.89. The molecule has 0 unspecified atom stereocenters. The fourth-order valence-corrected chi connectivity index (χ4v) is 2.08. The van der Waals surface area contributed by atoms with Gasteiger partial charge in [0.25, 0.3) is 0 Å². The van der Waals surface area contributed by atoms with Gasteiger partial charge in [0, 0.05) is 19.6 Å². The maximum atomic E-state index is 2.61. The van der Waals surface area contributed by atoms with Crippen LogP contribution in [0.5, 0.6) is 0 Å².